The van der Waals surface area contributed by atoms with Crippen LogP contribution in [0, 0.1) is 6.92 Å². The molecule has 178 valence electrons. The molecule has 1 unspecified atom stereocenters. The lowest BCUT2D eigenvalue weighted by molar-refractivity contribution is 0.194. The maximum atomic E-state index is 11.9. The number of ether oxygens (including phenoxy) is 1. The molecule has 0 radical (unpaired) electrons. The summed E-state index contributed by atoms with van der Waals surface area (Å²) in [6.45, 7) is 6.36. The van der Waals surface area contributed by atoms with Gasteiger partial charge in [0, 0.05) is 48.3 Å². The summed E-state index contributed by atoms with van der Waals surface area (Å²) in [4.78, 5) is 6.77. The predicted molar refractivity (Wildman–Crippen MR) is 136 cm³/mol. The third-order valence-corrected chi connectivity index (χ3v) is 8.63. The molecule has 0 saturated carbocycles. The molecule has 5 rings (SSSR count). The van der Waals surface area contributed by atoms with Crippen molar-refractivity contribution >= 4 is 21.2 Å². The molecule has 1 fully saturated rings. The number of nitrogens with zero attached hydrogens (tertiary/aromatic N) is 2. The molecule has 0 amide bonds. The number of benzene rings is 2. The maximum Gasteiger partial charge on any atom is 0.213 e. The maximum absolute atomic E-state index is 11.9. The van der Waals surface area contributed by atoms with Crippen LogP contribution in [-0.4, -0.2) is 49.0 Å². The van der Waals surface area contributed by atoms with Crippen molar-refractivity contribution in [3.63, 3.8) is 0 Å². The summed E-state index contributed by atoms with van der Waals surface area (Å²) in [5.41, 5.74) is 8.14. The number of fused-ring (bicyclic) bond motifs is 1. The van der Waals surface area contributed by atoms with Crippen molar-refractivity contribution in [3.05, 3.63) is 71.4 Å². The van der Waals surface area contributed by atoms with Crippen molar-refractivity contribution in [1.29, 1.82) is 0 Å². The van der Waals surface area contributed by atoms with E-state index in [9.17, 15) is 8.42 Å². The third-order valence-electron chi connectivity index (χ3n) is 6.88. The lowest BCUT2D eigenvalue weighted by Crippen LogP contribution is -2.40. The zero-order valence-corrected chi connectivity index (χ0v) is 20.6. The van der Waals surface area contributed by atoms with Crippen molar-refractivity contribution < 1.29 is 13.2 Å². The lowest BCUT2D eigenvalue weighted by atomic mass is 9.96. The highest BCUT2D eigenvalue weighted by Gasteiger charge is 2.34. The Labute approximate surface area is 201 Å². The van der Waals surface area contributed by atoms with E-state index in [1.165, 1.54) is 16.7 Å². The standard InChI is InChI=1S/C27H31N3O3S/c1-3-33-27-10-8-20(16-28-27)25-15-22(9-7-19(25)2)29-26-6-4-5-21-17-30(13-11-24(21)26)23-12-14-34(31,32)18-23/h4-10,15-16,23,29H,3,11-14,17-18H2,1-2H3. The molecule has 0 aliphatic carbocycles. The first kappa shape index (κ1) is 22.9. The molecule has 2 aromatic carbocycles. The summed E-state index contributed by atoms with van der Waals surface area (Å²) in [6, 6.07) is 16.9. The average Bonchev–Trinajstić information content (AvgIpc) is 3.20. The molecule has 1 N–H and O–H groups in total. The zero-order valence-electron chi connectivity index (χ0n) is 19.8. The van der Waals surface area contributed by atoms with E-state index in [0.29, 0.717) is 24.0 Å². The molecule has 2 aliphatic rings. The molecule has 1 aromatic heterocycles. The zero-order chi connectivity index (χ0) is 23.7. The van der Waals surface area contributed by atoms with Gasteiger partial charge in [0.2, 0.25) is 5.88 Å². The van der Waals surface area contributed by atoms with E-state index in [4.69, 9.17) is 4.74 Å². The predicted octanol–water partition coefficient (Wildman–Crippen LogP) is 4.74. The second-order valence-electron chi connectivity index (χ2n) is 9.19. The van der Waals surface area contributed by atoms with E-state index >= 15 is 0 Å². The Hall–Kier alpha value is -2.90. The summed E-state index contributed by atoms with van der Waals surface area (Å²) in [6.07, 6.45) is 3.53. The van der Waals surface area contributed by atoms with E-state index in [2.05, 4.69) is 58.5 Å². The number of rotatable bonds is 6. The van der Waals surface area contributed by atoms with Crippen LogP contribution < -0.4 is 10.1 Å². The van der Waals surface area contributed by atoms with Crippen LogP contribution in [0.15, 0.2) is 54.7 Å². The second-order valence-corrected chi connectivity index (χ2v) is 11.4. The number of sulfone groups is 1. The fourth-order valence-corrected chi connectivity index (χ4v) is 6.82. The quantitative estimate of drug-likeness (QED) is 0.553. The largest absolute Gasteiger partial charge is 0.478 e. The van der Waals surface area contributed by atoms with Gasteiger partial charge >= 0.3 is 0 Å². The van der Waals surface area contributed by atoms with Crippen LogP contribution >= 0.6 is 0 Å². The van der Waals surface area contributed by atoms with Crippen LogP contribution in [0.3, 0.4) is 0 Å². The van der Waals surface area contributed by atoms with E-state index in [0.717, 1.165) is 48.4 Å². The van der Waals surface area contributed by atoms with Gasteiger partial charge in [-0.05, 0) is 73.2 Å². The Morgan fingerprint density at radius 1 is 1.18 bits per heavy atom. The minimum Gasteiger partial charge on any atom is -0.478 e. The molecule has 7 heteroatoms. The summed E-state index contributed by atoms with van der Waals surface area (Å²) in [7, 11) is -2.87. The number of aromatic nitrogens is 1. The first-order valence-electron chi connectivity index (χ1n) is 11.9. The summed E-state index contributed by atoms with van der Waals surface area (Å²) >= 11 is 0. The minimum atomic E-state index is -2.87. The van der Waals surface area contributed by atoms with Gasteiger partial charge in [-0.2, -0.15) is 0 Å². The molecule has 34 heavy (non-hydrogen) atoms. The molecule has 6 nitrogen and oxygen atoms in total. The van der Waals surface area contributed by atoms with Crippen LogP contribution in [0.2, 0.25) is 0 Å². The van der Waals surface area contributed by atoms with Crippen LogP contribution in [0.4, 0.5) is 11.4 Å². The molecular formula is C27H31N3O3S. The number of hydrogen-bond acceptors (Lipinski definition) is 6. The van der Waals surface area contributed by atoms with Gasteiger partial charge in [0.15, 0.2) is 9.84 Å². The molecule has 3 heterocycles. The van der Waals surface area contributed by atoms with Gasteiger partial charge in [-0.3, -0.25) is 4.90 Å². The number of anilines is 2. The summed E-state index contributed by atoms with van der Waals surface area (Å²) < 4.78 is 29.4. The topological polar surface area (TPSA) is 71.5 Å². The van der Waals surface area contributed by atoms with Gasteiger partial charge in [-0.1, -0.05) is 18.2 Å². The molecule has 0 bridgehead atoms. The molecule has 2 aliphatic heterocycles. The lowest BCUT2D eigenvalue weighted by Gasteiger charge is -2.34. The Bertz CT molecular complexity index is 1290. The van der Waals surface area contributed by atoms with Crippen molar-refractivity contribution in [2.75, 3.05) is 30.0 Å². The van der Waals surface area contributed by atoms with Gasteiger partial charge in [0.05, 0.1) is 18.1 Å². The minimum absolute atomic E-state index is 0.150. The first-order chi connectivity index (χ1) is 16.4. The average molecular weight is 478 g/mol. The van der Waals surface area contributed by atoms with Crippen molar-refractivity contribution in [3.8, 4) is 17.0 Å². The SMILES string of the molecule is CCOc1ccc(-c2cc(Nc3cccc4c3CCN(C3CCS(=O)(=O)C3)C4)ccc2C)cn1. The highest BCUT2D eigenvalue weighted by atomic mass is 32.2. The van der Waals surface area contributed by atoms with Gasteiger partial charge in [-0.15, -0.1) is 0 Å². The summed E-state index contributed by atoms with van der Waals surface area (Å²) in [5, 5.41) is 3.64. The van der Waals surface area contributed by atoms with E-state index < -0.39 is 9.84 Å². The van der Waals surface area contributed by atoms with Gasteiger partial charge in [-0.25, -0.2) is 13.4 Å². The van der Waals surface area contributed by atoms with Crippen LogP contribution in [0.25, 0.3) is 11.1 Å². The first-order valence-corrected chi connectivity index (χ1v) is 13.8. The fraction of sp³-hybridized carbons (Fsp3) is 0.370. The number of hydrogen-bond donors (Lipinski definition) is 1. The van der Waals surface area contributed by atoms with Gasteiger partial charge in [0.1, 0.15) is 0 Å². The third kappa shape index (κ3) is 4.81. The molecule has 1 saturated heterocycles. The molecular weight excluding hydrogens is 446 g/mol. The van der Waals surface area contributed by atoms with E-state index in [1.54, 1.807) is 0 Å². The van der Waals surface area contributed by atoms with Gasteiger partial charge in [0.25, 0.3) is 0 Å². The molecule has 1 atom stereocenters. The Balaban J connectivity index is 1.36. The highest BCUT2D eigenvalue weighted by molar-refractivity contribution is 7.91. The number of pyridine rings is 1. The van der Waals surface area contributed by atoms with Crippen LogP contribution in [0.5, 0.6) is 5.88 Å². The van der Waals surface area contributed by atoms with Crippen molar-refractivity contribution in [2.24, 2.45) is 0 Å². The van der Waals surface area contributed by atoms with Crippen molar-refractivity contribution in [1.82, 2.24) is 9.88 Å². The van der Waals surface area contributed by atoms with E-state index in [-0.39, 0.29) is 6.04 Å². The molecule has 3 aromatic rings. The van der Waals surface area contributed by atoms with E-state index in [1.807, 2.05) is 25.3 Å². The second kappa shape index (κ2) is 9.39. The number of nitrogens with one attached hydrogen (secondary N) is 1. The fourth-order valence-electron chi connectivity index (χ4n) is 5.06. The smallest absolute Gasteiger partial charge is 0.213 e. The highest BCUT2D eigenvalue weighted by Crippen LogP contribution is 2.33. The van der Waals surface area contributed by atoms with Crippen LogP contribution in [0.1, 0.15) is 30.0 Å². The Kier molecular flexibility index (Phi) is 6.32. The monoisotopic (exact) mass is 477 g/mol. The van der Waals surface area contributed by atoms with Crippen LogP contribution in [-0.2, 0) is 22.8 Å². The normalized spacial score (nSPS) is 19.5. The number of aryl methyl sites for hydroxylation is 1. The molecule has 0 spiro atoms. The van der Waals surface area contributed by atoms with Crippen molar-refractivity contribution in [2.45, 2.75) is 39.3 Å². The van der Waals surface area contributed by atoms with Gasteiger partial charge < -0.3 is 10.1 Å². The summed E-state index contributed by atoms with van der Waals surface area (Å²) in [5.74, 6) is 1.26. The Morgan fingerprint density at radius 3 is 2.79 bits per heavy atom. The Morgan fingerprint density at radius 2 is 2.06 bits per heavy atom.